The van der Waals surface area contributed by atoms with Gasteiger partial charge in [0.2, 0.25) is 0 Å². The van der Waals surface area contributed by atoms with Crippen LogP contribution in [0.3, 0.4) is 0 Å². The van der Waals surface area contributed by atoms with Gasteiger partial charge in [-0.15, -0.1) is 12.1 Å². The van der Waals surface area contributed by atoms with E-state index in [9.17, 15) is 0 Å². The number of aliphatic hydroxyl groups is 3. The number of hydrogen-bond donors (Lipinski definition) is 3. The minimum Gasteiger partial charge on any atom is -0.395 e. The number of rotatable bonds is 6. The maximum Gasteiger partial charge on any atom is 0.0522 e. The van der Waals surface area contributed by atoms with Gasteiger partial charge < -0.3 is 15.3 Å². The van der Waals surface area contributed by atoms with Crippen LogP contribution >= 0.6 is 0 Å². The molecule has 3 nitrogen and oxygen atoms in total. The monoisotopic (exact) mass is 721 g/mol. The van der Waals surface area contributed by atoms with Gasteiger partial charge in [-0.05, 0) is 16.7 Å². The van der Waals surface area contributed by atoms with Gasteiger partial charge in [-0.2, -0.15) is 24.6 Å². The Morgan fingerprint density at radius 3 is 0.756 bits per heavy atom. The van der Waals surface area contributed by atoms with Gasteiger partial charge in [0.1, 0.15) is 0 Å². The maximum atomic E-state index is 9.05. The number of aliphatic hydroxyl groups excluding tert-OH is 3. The summed E-state index contributed by atoms with van der Waals surface area (Å²) in [5, 5.41) is 27.1. The average molecular weight is 720 g/mol. The molecule has 3 N–H and O–H groups in total. The van der Waals surface area contributed by atoms with Gasteiger partial charge in [-0.3, -0.25) is 0 Å². The van der Waals surface area contributed by atoms with Crippen molar-refractivity contribution in [3.63, 3.8) is 0 Å². The Kier molecular flexibility index (Phi) is 18.4. The zero-order valence-electron chi connectivity index (χ0n) is 25.7. The standard InChI is InChI=1S/3C10H14O.C7H7.Hf/c3*1-10(2,8-11)9-6-4-3-5-7-9;1-7-5-3-2-4-6-7;/h3*3-7,11H,8H2,1-2H3;2-6H,1H2;/q;;;-1;. The summed E-state index contributed by atoms with van der Waals surface area (Å²) >= 11 is 0. The van der Waals surface area contributed by atoms with Crippen molar-refractivity contribution >= 4 is 0 Å². The van der Waals surface area contributed by atoms with E-state index >= 15 is 0 Å². The normalized spacial score (nSPS) is 10.8. The molecule has 0 bridgehead atoms. The minimum atomic E-state index is -0.110. The fourth-order valence-electron chi connectivity index (χ4n) is 3.42. The van der Waals surface area contributed by atoms with Gasteiger partial charge in [0.05, 0.1) is 19.8 Å². The second kappa shape index (κ2) is 19.6. The van der Waals surface area contributed by atoms with E-state index in [2.05, 4.69) is 6.92 Å². The molecule has 0 amide bonds. The van der Waals surface area contributed by atoms with Crippen LogP contribution in [0.25, 0.3) is 0 Å². The quantitative estimate of drug-likeness (QED) is 0.141. The topological polar surface area (TPSA) is 60.7 Å². The van der Waals surface area contributed by atoms with Crippen molar-refractivity contribution in [2.24, 2.45) is 0 Å². The van der Waals surface area contributed by atoms with Crippen molar-refractivity contribution < 1.29 is 41.2 Å². The maximum absolute atomic E-state index is 9.05. The summed E-state index contributed by atoms with van der Waals surface area (Å²) in [4.78, 5) is 0. The van der Waals surface area contributed by atoms with E-state index in [-0.39, 0.29) is 61.9 Å². The first kappa shape index (κ1) is 38.5. The van der Waals surface area contributed by atoms with Gasteiger partial charge in [0.25, 0.3) is 0 Å². The molecule has 4 aromatic carbocycles. The summed E-state index contributed by atoms with van der Waals surface area (Å²) in [5.74, 6) is 0. The summed E-state index contributed by atoms with van der Waals surface area (Å²) in [6.45, 7) is 16.5. The Labute approximate surface area is 268 Å². The molecule has 0 aliphatic carbocycles. The van der Waals surface area contributed by atoms with Crippen LogP contribution in [0.5, 0.6) is 0 Å². The van der Waals surface area contributed by atoms with Gasteiger partial charge in [-0.1, -0.05) is 139 Å². The fraction of sp³-hybridized carbons (Fsp3) is 0.324. The van der Waals surface area contributed by atoms with Crippen LogP contribution in [0.4, 0.5) is 0 Å². The molecule has 4 aromatic rings. The minimum absolute atomic E-state index is 0. The molecule has 0 radical (unpaired) electrons. The first-order valence-corrected chi connectivity index (χ1v) is 13.8. The van der Waals surface area contributed by atoms with Crippen molar-refractivity contribution in [2.75, 3.05) is 19.8 Å². The summed E-state index contributed by atoms with van der Waals surface area (Å²) in [5.41, 5.74) is 4.29. The van der Waals surface area contributed by atoms with Gasteiger partial charge >= 0.3 is 0 Å². The van der Waals surface area contributed by atoms with E-state index in [4.69, 9.17) is 15.3 Å². The Morgan fingerprint density at radius 1 is 0.415 bits per heavy atom. The third-order valence-corrected chi connectivity index (χ3v) is 6.69. The molecule has 0 saturated carbocycles. The van der Waals surface area contributed by atoms with Crippen LogP contribution in [0.2, 0.25) is 0 Å². The first-order valence-electron chi connectivity index (χ1n) is 13.8. The number of hydrogen-bond acceptors (Lipinski definition) is 3. The van der Waals surface area contributed by atoms with Gasteiger partial charge in [0, 0.05) is 42.1 Å². The van der Waals surface area contributed by atoms with Crippen LogP contribution in [-0.4, -0.2) is 35.1 Å². The molecule has 4 heteroatoms. The third kappa shape index (κ3) is 14.8. The van der Waals surface area contributed by atoms with Crippen molar-refractivity contribution in [1.29, 1.82) is 0 Å². The average Bonchev–Trinajstić information content (AvgIpc) is 3.00. The summed E-state index contributed by atoms with van der Waals surface area (Å²) < 4.78 is 0. The van der Waals surface area contributed by atoms with Gasteiger partial charge in [-0.25, -0.2) is 0 Å². The molecule has 0 aliphatic rings. The summed E-state index contributed by atoms with van der Waals surface area (Å²) in [6.07, 6.45) is 0. The summed E-state index contributed by atoms with van der Waals surface area (Å²) in [6, 6.07) is 40.0. The SMILES string of the molecule is CC(C)(CO)c1ccccc1.CC(C)(CO)c1ccccc1.CC(C)(CO)c1ccccc1.[CH2-]c1ccccc1.[Hf]. The Bertz CT molecular complexity index is 1040. The molecular formula is C37H49HfO3-. The van der Waals surface area contributed by atoms with E-state index in [1.54, 1.807) is 0 Å². The second-order valence-electron chi connectivity index (χ2n) is 11.7. The molecule has 0 heterocycles. The van der Waals surface area contributed by atoms with E-state index in [1.165, 1.54) is 16.7 Å². The Hall–Kier alpha value is -2.50. The first-order chi connectivity index (χ1) is 18.9. The van der Waals surface area contributed by atoms with E-state index in [1.807, 2.05) is 163 Å². The van der Waals surface area contributed by atoms with Crippen LogP contribution in [-0.2, 0) is 42.1 Å². The number of benzene rings is 4. The van der Waals surface area contributed by atoms with Crippen LogP contribution in [0, 0.1) is 6.92 Å². The van der Waals surface area contributed by atoms with Crippen LogP contribution in [0.15, 0.2) is 121 Å². The molecule has 0 spiro atoms. The van der Waals surface area contributed by atoms with Crippen LogP contribution < -0.4 is 0 Å². The van der Waals surface area contributed by atoms with E-state index in [0.717, 1.165) is 5.56 Å². The molecule has 0 aliphatic heterocycles. The predicted molar refractivity (Wildman–Crippen MR) is 171 cm³/mol. The second-order valence-corrected chi connectivity index (χ2v) is 11.7. The molecule has 4 rings (SSSR count). The van der Waals surface area contributed by atoms with E-state index in [0.29, 0.717) is 0 Å². The predicted octanol–water partition coefficient (Wildman–Crippen LogP) is 7.74. The molecule has 0 saturated heterocycles. The zero-order chi connectivity index (χ0) is 30.1. The smallest absolute Gasteiger partial charge is 0.0522 e. The van der Waals surface area contributed by atoms with Crippen molar-refractivity contribution in [1.82, 2.24) is 0 Å². The van der Waals surface area contributed by atoms with Crippen molar-refractivity contribution in [3.8, 4) is 0 Å². The fourth-order valence-corrected chi connectivity index (χ4v) is 3.42. The molecule has 0 unspecified atom stereocenters. The largest absolute Gasteiger partial charge is 0.395 e. The molecular weight excluding hydrogens is 671 g/mol. The molecule has 41 heavy (non-hydrogen) atoms. The van der Waals surface area contributed by atoms with E-state index < -0.39 is 0 Å². The molecule has 0 aromatic heterocycles. The van der Waals surface area contributed by atoms with Crippen molar-refractivity contribution in [2.45, 2.75) is 57.8 Å². The van der Waals surface area contributed by atoms with Crippen LogP contribution in [0.1, 0.15) is 63.8 Å². The zero-order valence-corrected chi connectivity index (χ0v) is 29.3. The Balaban J connectivity index is 0.000000522. The summed E-state index contributed by atoms with van der Waals surface area (Å²) in [7, 11) is 0. The molecule has 0 atom stereocenters. The molecule has 0 fully saturated rings. The van der Waals surface area contributed by atoms with Gasteiger partial charge in [0.15, 0.2) is 0 Å². The van der Waals surface area contributed by atoms with Crippen molar-refractivity contribution in [3.05, 3.63) is 151 Å². The third-order valence-electron chi connectivity index (χ3n) is 6.69. The molecule has 220 valence electrons. The Morgan fingerprint density at radius 2 is 0.610 bits per heavy atom.